The van der Waals surface area contributed by atoms with Crippen molar-refractivity contribution < 1.29 is 19.1 Å². The maximum Gasteiger partial charge on any atom is 0.316 e. The molecular formula is C30H30N4O4. The zero-order valence-electron chi connectivity index (χ0n) is 21.0. The third-order valence-corrected chi connectivity index (χ3v) is 6.77. The summed E-state index contributed by atoms with van der Waals surface area (Å²) in [5.41, 5.74) is 1.72. The molecule has 5 N–H and O–H groups in total. The lowest BCUT2D eigenvalue weighted by molar-refractivity contribution is -0.129. The van der Waals surface area contributed by atoms with E-state index in [1.807, 2.05) is 91.9 Å². The lowest BCUT2D eigenvalue weighted by Gasteiger charge is -2.33. The molecule has 0 spiro atoms. The Hall–Kier alpha value is -4.56. The Morgan fingerprint density at radius 2 is 1.74 bits per heavy atom. The van der Waals surface area contributed by atoms with Gasteiger partial charge >= 0.3 is 6.03 Å². The number of hydrogen-bond acceptors (Lipinski definition) is 4. The van der Waals surface area contributed by atoms with E-state index in [1.165, 1.54) is 0 Å². The van der Waals surface area contributed by atoms with Gasteiger partial charge in [-0.25, -0.2) is 4.79 Å². The van der Waals surface area contributed by atoms with Gasteiger partial charge in [-0.15, -0.1) is 0 Å². The summed E-state index contributed by atoms with van der Waals surface area (Å²) < 4.78 is 5.78. The first-order valence-electron chi connectivity index (χ1n) is 12.5. The monoisotopic (exact) mass is 510 g/mol. The van der Waals surface area contributed by atoms with Crippen molar-refractivity contribution in [1.29, 1.82) is 0 Å². The third kappa shape index (κ3) is 5.26. The van der Waals surface area contributed by atoms with E-state index >= 15 is 0 Å². The molecule has 0 unspecified atom stereocenters. The Morgan fingerprint density at radius 3 is 2.53 bits per heavy atom. The number of aliphatic hydroxyl groups is 1. The first kappa shape index (κ1) is 25.1. The maximum atomic E-state index is 13.7. The second-order valence-electron chi connectivity index (χ2n) is 9.44. The molecule has 0 radical (unpaired) electrons. The van der Waals surface area contributed by atoms with Crippen molar-refractivity contribution in [2.45, 2.75) is 31.5 Å². The molecule has 2 atom stereocenters. The molecule has 0 aliphatic carbocycles. The number of aromatic amines is 1. The smallest absolute Gasteiger partial charge is 0.316 e. The molecule has 2 aromatic heterocycles. The minimum atomic E-state index is -1.62. The summed E-state index contributed by atoms with van der Waals surface area (Å²) in [5.74, 6) is 0.0928. The first-order valence-corrected chi connectivity index (χ1v) is 12.5. The predicted molar refractivity (Wildman–Crippen MR) is 146 cm³/mol. The molecule has 0 saturated carbocycles. The molecule has 3 amide bonds. The van der Waals surface area contributed by atoms with Gasteiger partial charge in [-0.1, -0.05) is 66.7 Å². The van der Waals surface area contributed by atoms with Crippen LogP contribution in [-0.2, 0) is 17.8 Å². The van der Waals surface area contributed by atoms with Crippen molar-refractivity contribution in [3.63, 3.8) is 0 Å². The Balaban J connectivity index is 1.38. The molecule has 0 aliphatic heterocycles. The molecule has 0 saturated heterocycles. The van der Waals surface area contributed by atoms with E-state index in [2.05, 4.69) is 20.9 Å². The summed E-state index contributed by atoms with van der Waals surface area (Å²) in [7, 11) is 0. The Labute approximate surface area is 220 Å². The zero-order chi connectivity index (χ0) is 26.5. The summed E-state index contributed by atoms with van der Waals surface area (Å²) in [5, 5.41) is 21.0. The van der Waals surface area contributed by atoms with Crippen LogP contribution in [-0.4, -0.2) is 34.2 Å². The number of hydrogen-bond donors (Lipinski definition) is 5. The summed E-state index contributed by atoms with van der Waals surface area (Å²) in [6.07, 6.45) is 1.88. The number of fused-ring (bicyclic) bond motifs is 2. The van der Waals surface area contributed by atoms with Gasteiger partial charge in [0.05, 0.1) is 19.2 Å². The summed E-state index contributed by atoms with van der Waals surface area (Å²) in [6.45, 7) is 1.39. The number of H-pyrrole nitrogens is 1. The number of furan rings is 1. The van der Waals surface area contributed by atoms with Crippen molar-refractivity contribution >= 4 is 33.8 Å². The topological polar surface area (TPSA) is 119 Å². The molecule has 38 heavy (non-hydrogen) atoms. The molecule has 194 valence electrons. The largest absolute Gasteiger partial charge is 0.459 e. The number of carbonyl (C=O) groups is 2. The fourth-order valence-electron chi connectivity index (χ4n) is 4.66. The average molecular weight is 511 g/mol. The molecule has 5 aromatic rings. The van der Waals surface area contributed by atoms with Crippen LogP contribution in [0.15, 0.2) is 95.5 Å². The van der Waals surface area contributed by atoms with Gasteiger partial charge in [-0.05, 0) is 36.2 Å². The van der Waals surface area contributed by atoms with Gasteiger partial charge in [0.2, 0.25) is 5.91 Å². The lowest BCUT2D eigenvalue weighted by Crippen LogP contribution is -2.64. The highest BCUT2D eigenvalue weighted by atomic mass is 16.3. The Morgan fingerprint density at radius 1 is 1.00 bits per heavy atom. The molecule has 3 aromatic carbocycles. The molecular weight excluding hydrogens is 480 g/mol. The van der Waals surface area contributed by atoms with Crippen LogP contribution in [0.5, 0.6) is 0 Å². The van der Waals surface area contributed by atoms with Crippen LogP contribution in [0.1, 0.15) is 29.9 Å². The highest BCUT2D eigenvalue weighted by molar-refractivity contribution is 5.93. The number of carbonyl (C=O) groups excluding carboxylic acids is 2. The van der Waals surface area contributed by atoms with Gasteiger partial charge in [0.15, 0.2) is 0 Å². The van der Waals surface area contributed by atoms with Crippen molar-refractivity contribution in [1.82, 2.24) is 20.9 Å². The minimum absolute atomic E-state index is 0.0823. The van der Waals surface area contributed by atoms with E-state index in [4.69, 9.17) is 4.42 Å². The second-order valence-corrected chi connectivity index (χ2v) is 9.44. The fraction of sp³-hybridized carbons (Fsp3) is 0.200. The van der Waals surface area contributed by atoms with E-state index in [1.54, 1.807) is 6.20 Å². The van der Waals surface area contributed by atoms with Crippen LogP contribution in [0.4, 0.5) is 4.79 Å². The number of urea groups is 1. The average Bonchev–Trinajstić information content (AvgIpc) is 3.55. The highest BCUT2D eigenvalue weighted by Crippen LogP contribution is 2.24. The molecule has 0 bridgehead atoms. The zero-order valence-corrected chi connectivity index (χ0v) is 21.0. The van der Waals surface area contributed by atoms with Gasteiger partial charge in [0.1, 0.15) is 16.9 Å². The number of aromatic nitrogens is 1. The van der Waals surface area contributed by atoms with E-state index in [9.17, 15) is 14.7 Å². The third-order valence-electron chi connectivity index (χ3n) is 6.77. The molecule has 0 fully saturated rings. The summed E-state index contributed by atoms with van der Waals surface area (Å²) in [4.78, 5) is 30.0. The molecule has 2 heterocycles. The number of aliphatic hydroxyl groups excluding tert-OH is 1. The molecule has 0 aliphatic rings. The minimum Gasteiger partial charge on any atom is -0.459 e. The van der Waals surface area contributed by atoms with Crippen molar-refractivity contribution in [3.8, 4) is 0 Å². The van der Waals surface area contributed by atoms with E-state index in [0.717, 1.165) is 33.0 Å². The number of amides is 3. The van der Waals surface area contributed by atoms with Crippen LogP contribution in [0.2, 0.25) is 0 Å². The highest BCUT2D eigenvalue weighted by Gasteiger charge is 2.41. The van der Waals surface area contributed by atoms with E-state index in [0.29, 0.717) is 5.76 Å². The van der Waals surface area contributed by atoms with Crippen LogP contribution in [0, 0.1) is 0 Å². The van der Waals surface area contributed by atoms with Crippen molar-refractivity contribution in [2.24, 2.45) is 0 Å². The van der Waals surface area contributed by atoms with Crippen molar-refractivity contribution in [3.05, 3.63) is 108 Å². The second kappa shape index (κ2) is 10.8. The number of para-hydroxylation sites is 2. The normalized spacial score (nSPS) is 13.6. The standard InChI is InChI=1S/C30H30N4O4/c1-20(21-9-3-2-4-10-21)33-28(36)30(19-35,16-23-17-31-26-13-7-6-12-25(23)26)34-29(37)32-18-24-15-22-11-5-8-14-27(22)38-24/h2-15,17,20,31,35H,16,18-19H2,1H3,(H,33,36)(H2,32,34,37)/t20-,30-/m0/s1. The summed E-state index contributed by atoms with van der Waals surface area (Å²) in [6, 6.07) is 25.7. The maximum absolute atomic E-state index is 13.7. The van der Waals surface area contributed by atoms with Crippen LogP contribution < -0.4 is 16.0 Å². The number of nitrogens with one attached hydrogen (secondary N) is 4. The molecule has 8 heteroatoms. The predicted octanol–water partition coefficient (Wildman–Crippen LogP) is 4.56. The Kier molecular flexibility index (Phi) is 7.15. The van der Waals surface area contributed by atoms with E-state index in [-0.39, 0.29) is 19.0 Å². The number of benzene rings is 3. The lowest BCUT2D eigenvalue weighted by atomic mass is 9.89. The van der Waals surface area contributed by atoms with Gasteiger partial charge < -0.3 is 30.5 Å². The number of rotatable bonds is 9. The first-order chi connectivity index (χ1) is 18.5. The van der Waals surface area contributed by atoms with Gasteiger partial charge in [-0.2, -0.15) is 0 Å². The molecule has 8 nitrogen and oxygen atoms in total. The van der Waals surface area contributed by atoms with E-state index < -0.39 is 24.1 Å². The summed E-state index contributed by atoms with van der Waals surface area (Å²) >= 11 is 0. The molecule has 5 rings (SSSR count). The SMILES string of the molecule is C[C@H](NC(=O)[C@@](CO)(Cc1c[nH]c2ccccc12)NC(=O)NCc1cc2ccccc2o1)c1ccccc1. The Bertz CT molecular complexity index is 1530. The van der Waals surface area contributed by atoms with Gasteiger partial charge in [0.25, 0.3) is 0 Å². The quantitative estimate of drug-likeness (QED) is 0.200. The van der Waals surface area contributed by atoms with Crippen LogP contribution in [0.3, 0.4) is 0 Å². The van der Waals surface area contributed by atoms with Crippen molar-refractivity contribution in [2.75, 3.05) is 6.61 Å². The van der Waals surface area contributed by atoms with Gasteiger partial charge in [0, 0.05) is 28.9 Å². The fourth-order valence-corrected chi connectivity index (χ4v) is 4.66. The van der Waals surface area contributed by atoms with Crippen LogP contribution in [0.25, 0.3) is 21.9 Å². The van der Waals surface area contributed by atoms with Gasteiger partial charge in [-0.3, -0.25) is 4.79 Å². The van der Waals surface area contributed by atoms with Crippen LogP contribution >= 0.6 is 0 Å².